The number of ether oxygens (including phenoxy) is 1. The third kappa shape index (κ3) is 1.64. The number of carbonyl (C=O) groups is 1. The van der Waals surface area contributed by atoms with E-state index in [1.807, 2.05) is 32.0 Å². The second-order valence-corrected chi connectivity index (χ2v) is 5.17. The van der Waals surface area contributed by atoms with Crippen LogP contribution in [0.25, 0.3) is 0 Å². The summed E-state index contributed by atoms with van der Waals surface area (Å²) in [4.78, 5) is 12.3. The van der Waals surface area contributed by atoms with E-state index in [1.54, 1.807) is 0 Å². The standard InChI is InChI=1S/C14H18N2O2/c1-3-18-11-6-4-5-10-12(11)15-13(17)14(2,16-10)9-7-8-9/h4-6,9,16H,3,7-8H2,1-2H3,(H,15,17). The summed E-state index contributed by atoms with van der Waals surface area (Å²) in [5.74, 6) is 1.22. The number of rotatable bonds is 3. The molecule has 18 heavy (non-hydrogen) atoms. The highest BCUT2D eigenvalue weighted by Gasteiger charge is 2.49. The van der Waals surface area contributed by atoms with Crippen molar-refractivity contribution in [2.24, 2.45) is 5.92 Å². The first-order chi connectivity index (χ1) is 8.65. The molecule has 0 spiro atoms. The van der Waals surface area contributed by atoms with E-state index in [0.29, 0.717) is 12.5 Å². The van der Waals surface area contributed by atoms with Crippen molar-refractivity contribution in [3.63, 3.8) is 0 Å². The van der Waals surface area contributed by atoms with Gasteiger partial charge in [0.2, 0.25) is 5.91 Å². The smallest absolute Gasteiger partial charge is 0.250 e. The first-order valence-corrected chi connectivity index (χ1v) is 6.50. The van der Waals surface area contributed by atoms with E-state index in [2.05, 4.69) is 10.6 Å². The lowest BCUT2D eigenvalue weighted by atomic mass is 9.91. The van der Waals surface area contributed by atoms with Gasteiger partial charge in [-0.1, -0.05) is 6.07 Å². The largest absolute Gasteiger partial charge is 0.492 e. The summed E-state index contributed by atoms with van der Waals surface area (Å²) in [5, 5.41) is 6.39. The summed E-state index contributed by atoms with van der Waals surface area (Å²) < 4.78 is 5.54. The number of hydrogen-bond donors (Lipinski definition) is 2. The molecule has 1 aliphatic carbocycles. The van der Waals surface area contributed by atoms with Crippen molar-refractivity contribution in [2.75, 3.05) is 17.2 Å². The Hall–Kier alpha value is -1.71. The van der Waals surface area contributed by atoms with Crippen LogP contribution in [0, 0.1) is 5.92 Å². The maximum Gasteiger partial charge on any atom is 0.250 e. The van der Waals surface area contributed by atoms with Crippen LogP contribution in [0.2, 0.25) is 0 Å². The maximum absolute atomic E-state index is 12.3. The number of anilines is 2. The fraction of sp³-hybridized carbons (Fsp3) is 0.500. The van der Waals surface area contributed by atoms with E-state index in [1.165, 1.54) is 0 Å². The molecule has 1 heterocycles. The molecule has 0 radical (unpaired) electrons. The van der Waals surface area contributed by atoms with E-state index in [4.69, 9.17) is 4.74 Å². The fourth-order valence-corrected chi connectivity index (χ4v) is 2.57. The number of fused-ring (bicyclic) bond motifs is 1. The van der Waals surface area contributed by atoms with Gasteiger partial charge in [0.25, 0.3) is 0 Å². The lowest BCUT2D eigenvalue weighted by Gasteiger charge is -2.36. The van der Waals surface area contributed by atoms with Crippen LogP contribution in [0.1, 0.15) is 26.7 Å². The normalized spacial score (nSPS) is 26.0. The third-order valence-electron chi connectivity index (χ3n) is 3.82. The van der Waals surface area contributed by atoms with Crippen LogP contribution in [-0.4, -0.2) is 18.1 Å². The van der Waals surface area contributed by atoms with Crippen LogP contribution >= 0.6 is 0 Å². The number of amides is 1. The number of hydrogen-bond acceptors (Lipinski definition) is 3. The highest BCUT2D eigenvalue weighted by molar-refractivity contribution is 6.07. The van der Waals surface area contributed by atoms with Gasteiger partial charge >= 0.3 is 0 Å². The predicted octanol–water partition coefficient (Wildman–Crippen LogP) is 2.62. The van der Waals surface area contributed by atoms with Crippen LogP contribution < -0.4 is 15.4 Å². The molecule has 1 aromatic rings. The maximum atomic E-state index is 12.3. The first-order valence-electron chi connectivity index (χ1n) is 6.50. The zero-order chi connectivity index (χ0) is 12.8. The van der Waals surface area contributed by atoms with Gasteiger partial charge in [-0.3, -0.25) is 4.79 Å². The van der Waals surface area contributed by atoms with Crippen LogP contribution in [0.5, 0.6) is 5.75 Å². The van der Waals surface area contributed by atoms with E-state index in [9.17, 15) is 4.79 Å². The van der Waals surface area contributed by atoms with Gasteiger partial charge in [0.05, 0.1) is 12.3 Å². The molecular formula is C14H18N2O2. The number of benzene rings is 1. The van der Waals surface area contributed by atoms with Crippen molar-refractivity contribution in [1.29, 1.82) is 0 Å². The Labute approximate surface area is 107 Å². The average Bonchev–Trinajstić information content (AvgIpc) is 3.16. The Bertz CT molecular complexity index is 497. The van der Waals surface area contributed by atoms with E-state index in [-0.39, 0.29) is 5.91 Å². The summed E-state index contributed by atoms with van der Waals surface area (Å²) in [6.45, 7) is 4.51. The third-order valence-corrected chi connectivity index (χ3v) is 3.82. The lowest BCUT2D eigenvalue weighted by molar-refractivity contribution is -0.120. The second kappa shape index (κ2) is 3.90. The molecule has 1 amide bonds. The Morgan fingerprint density at radius 1 is 1.44 bits per heavy atom. The molecule has 0 aromatic heterocycles. The molecule has 3 rings (SSSR count). The Balaban J connectivity index is 1.98. The molecule has 1 aromatic carbocycles. The van der Waals surface area contributed by atoms with Crippen LogP contribution in [-0.2, 0) is 4.79 Å². The van der Waals surface area contributed by atoms with Crippen LogP contribution in [0.4, 0.5) is 11.4 Å². The van der Waals surface area contributed by atoms with Gasteiger partial charge in [-0.15, -0.1) is 0 Å². The average molecular weight is 246 g/mol. The molecule has 1 aliphatic heterocycles. The summed E-state index contributed by atoms with van der Waals surface area (Å²) in [6.07, 6.45) is 2.24. The highest BCUT2D eigenvalue weighted by Crippen LogP contribution is 2.47. The van der Waals surface area contributed by atoms with E-state index < -0.39 is 5.54 Å². The van der Waals surface area contributed by atoms with Gasteiger partial charge < -0.3 is 15.4 Å². The van der Waals surface area contributed by atoms with Crippen LogP contribution in [0.15, 0.2) is 18.2 Å². The molecule has 1 atom stereocenters. The van der Waals surface area contributed by atoms with Gasteiger partial charge in [0.1, 0.15) is 17.0 Å². The van der Waals surface area contributed by atoms with Crippen molar-refractivity contribution in [2.45, 2.75) is 32.2 Å². The van der Waals surface area contributed by atoms with E-state index in [0.717, 1.165) is 30.0 Å². The second-order valence-electron chi connectivity index (χ2n) is 5.17. The zero-order valence-electron chi connectivity index (χ0n) is 10.7. The van der Waals surface area contributed by atoms with Crippen molar-refractivity contribution >= 4 is 17.3 Å². The molecule has 1 saturated carbocycles. The summed E-state index contributed by atoms with van der Waals surface area (Å²) in [5.41, 5.74) is 1.25. The summed E-state index contributed by atoms with van der Waals surface area (Å²) in [6, 6.07) is 5.81. The Kier molecular flexibility index (Phi) is 2.47. The number of nitrogens with one attached hydrogen (secondary N) is 2. The van der Waals surface area contributed by atoms with Gasteiger partial charge in [-0.25, -0.2) is 0 Å². The SMILES string of the molecule is CCOc1cccc2c1NC(=O)C(C)(C1CC1)N2. The first kappa shape index (κ1) is 11.4. The van der Waals surface area contributed by atoms with Crippen molar-refractivity contribution in [1.82, 2.24) is 0 Å². The molecule has 4 heteroatoms. The minimum absolute atomic E-state index is 0.0460. The molecule has 0 saturated heterocycles. The van der Waals surface area contributed by atoms with Gasteiger partial charge in [-0.2, -0.15) is 0 Å². The van der Waals surface area contributed by atoms with E-state index >= 15 is 0 Å². The Morgan fingerprint density at radius 2 is 2.22 bits per heavy atom. The molecule has 0 bridgehead atoms. The molecular weight excluding hydrogens is 228 g/mol. The monoisotopic (exact) mass is 246 g/mol. The summed E-state index contributed by atoms with van der Waals surface area (Å²) in [7, 11) is 0. The van der Waals surface area contributed by atoms with Crippen LogP contribution in [0.3, 0.4) is 0 Å². The predicted molar refractivity (Wildman–Crippen MR) is 71.0 cm³/mol. The molecule has 2 aliphatic rings. The minimum atomic E-state index is -0.474. The Morgan fingerprint density at radius 3 is 2.89 bits per heavy atom. The molecule has 96 valence electrons. The highest BCUT2D eigenvalue weighted by atomic mass is 16.5. The number of carbonyl (C=O) groups excluding carboxylic acids is 1. The fourth-order valence-electron chi connectivity index (χ4n) is 2.57. The molecule has 2 N–H and O–H groups in total. The van der Waals surface area contributed by atoms with Crippen molar-refractivity contribution in [3.8, 4) is 5.75 Å². The van der Waals surface area contributed by atoms with Gasteiger partial charge in [0.15, 0.2) is 0 Å². The zero-order valence-corrected chi connectivity index (χ0v) is 10.7. The topological polar surface area (TPSA) is 50.4 Å². The minimum Gasteiger partial charge on any atom is -0.492 e. The quantitative estimate of drug-likeness (QED) is 0.862. The molecule has 1 unspecified atom stereocenters. The summed E-state index contributed by atoms with van der Waals surface area (Å²) >= 11 is 0. The van der Waals surface area contributed by atoms with Crippen molar-refractivity contribution < 1.29 is 9.53 Å². The molecule has 1 fully saturated rings. The molecule has 4 nitrogen and oxygen atoms in total. The van der Waals surface area contributed by atoms with Gasteiger partial charge in [-0.05, 0) is 44.7 Å². The van der Waals surface area contributed by atoms with Gasteiger partial charge in [0, 0.05) is 0 Å². The number of para-hydroxylation sites is 1. The lowest BCUT2D eigenvalue weighted by Crippen LogP contribution is -2.51. The van der Waals surface area contributed by atoms with Crippen molar-refractivity contribution in [3.05, 3.63) is 18.2 Å².